The monoisotopic (exact) mass is 582 g/mol. The fourth-order valence-electron chi connectivity index (χ4n) is 5.56. The van der Waals surface area contributed by atoms with E-state index in [1.807, 2.05) is 6.07 Å². The van der Waals surface area contributed by atoms with E-state index >= 15 is 0 Å². The van der Waals surface area contributed by atoms with Crippen LogP contribution in [0.4, 0.5) is 11.6 Å². The first kappa shape index (κ1) is 28.3. The number of amides is 1. The average molecular weight is 583 g/mol. The Labute approximate surface area is 240 Å². The minimum absolute atomic E-state index is 0.218. The molecular weight excluding hydrogens is 548 g/mol. The highest BCUT2D eigenvalue weighted by atomic mass is 35.5. The molecule has 0 saturated carbocycles. The van der Waals surface area contributed by atoms with Gasteiger partial charge < -0.3 is 10.2 Å². The molecule has 0 aromatic carbocycles. The number of pyridine rings is 3. The number of fused-ring (bicyclic) bond motifs is 6. The Morgan fingerprint density at radius 3 is 2.58 bits per heavy atom. The summed E-state index contributed by atoms with van der Waals surface area (Å²) in [5.74, 6) is 0.429. The first-order chi connectivity index (χ1) is 18.7. The van der Waals surface area contributed by atoms with Crippen LogP contribution in [0.3, 0.4) is 0 Å². The van der Waals surface area contributed by atoms with Crippen LogP contribution in [-0.4, -0.2) is 41.4 Å². The third-order valence-electron chi connectivity index (χ3n) is 7.62. The normalized spacial score (nSPS) is 22.4. The van der Waals surface area contributed by atoms with Crippen LogP contribution in [0.25, 0.3) is 0 Å². The van der Waals surface area contributed by atoms with E-state index in [9.17, 15) is 13.2 Å². The van der Waals surface area contributed by atoms with Gasteiger partial charge in [-0.1, -0.05) is 38.4 Å². The third kappa shape index (κ3) is 5.78. The average Bonchev–Trinajstić information content (AvgIpc) is 3.18. The maximum atomic E-state index is 13.5. The lowest BCUT2D eigenvalue weighted by molar-refractivity contribution is 0.0981. The lowest BCUT2D eigenvalue weighted by Gasteiger charge is -2.34. The predicted octanol–water partition coefficient (Wildman–Crippen LogP) is 5.49. The van der Waals surface area contributed by atoms with Crippen LogP contribution in [0.1, 0.15) is 81.7 Å². The lowest BCUT2D eigenvalue weighted by Crippen LogP contribution is -2.41. The number of hydrogen-bond acceptors (Lipinski definition) is 8. The van der Waals surface area contributed by atoms with E-state index in [-0.39, 0.29) is 27.6 Å². The van der Waals surface area contributed by atoms with E-state index in [2.05, 4.69) is 59.5 Å². The van der Waals surface area contributed by atoms with Crippen LogP contribution < -0.4 is 14.9 Å². The first-order valence-corrected chi connectivity index (χ1v) is 15.3. The van der Waals surface area contributed by atoms with Gasteiger partial charge in [0.1, 0.15) is 11.6 Å². The largest absolute Gasteiger partial charge is 0.362 e. The highest BCUT2D eigenvalue weighted by Crippen LogP contribution is 2.41. The Balaban J connectivity index is 1.63. The molecule has 5 heterocycles. The van der Waals surface area contributed by atoms with Crippen LogP contribution >= 0.6 is 11.6 Å². The van der Waals surface area contributed by atoms with Crippen molar-refractivity contribution in [2.75, 3.05) is 16.8 Å². The molecule has 3 aromatic rings. The van der Waals surface area contributed by atoms with Crippen molar-refractivity contribution in [2.24, 2.45) is 5.92 Å². The van der Waals surface area contributed by atoms with Gasteiger partial charge in [-0.05, 0) is 75.4 Å². The van der Waals surface area contributed by atoms with Gasteiger partial charge in [0.15, 0.2) is 5.03 Å². The van der Waals surface area contributed by atoms with Gasteiger partial charge in [0.2, 0.25) is 0 Å². The smallest absolute Gasteiger partial charge is 0.281 e. The van der Waals surface area contributed by atoms with Crippen molar-refractivity contribution in [3.05, 3.63) is 70.6 Å². The molecule has 2 aliphatic heterocycles. The maximum Gasteiger partial charge on any atom is 0.281 e. The lowest BCUT2D eigenvalue weighted by atomic mass is 9.90. The van der Waals surface area contributed by atoms with Gasteiger partial charge in [0.25, 0.3) is 15.9 Å². The molecule has 1 saturated heterocycles. The highest BCUT2D eigenvalue weighted by molar-refractivity contribution is 7.90. The molecule has 2 aliphatic rings. The van der Waals surface area contributed by atoms with E-state index < -0.39 is 15.9 Å². The molecule has 11 heteroatoms. The number of sulfonamides is 1. The Morgan fingerprint density at radius 1 is 1.07 bits per heavy atom. The van der Waals surface area contributed by atoms with Crippen molar-refractivity contribution < 1.29 is 13.2 Å². The summed E-state index contributed by atoms with van der Waals surface area (Å²) in [6.45, 7) is 11.2. The number of rotatable bonds is 1. The number of carbonyl (C=O) groups is 1. The minimum Gasteiger partial charge on any atom is -0.362 e. The summed E-state index contributed by atoms with van der Waals surface area (Å²) >= 11 is 6.30. The molecule has 40 heavy (non-hydrogen) atoms. The molecule has 2 atom stereocenters. The first-order valence-electron chi connectivity index (χ1n) is 13.4. The Kier molecular flexibility index (Phi) is 7.29. The number of nitrogens with one attached hydrogen (secondary N) is 2. The van der Waals surface area contributed by atoms with Crippen LogP contribution in [0, 0.1) is 5.92 Å². The molecule has 3 aromatic heterocycles. The summed E-state index contributed by atoms with van der Waals surface area (Å²) in [4.78, 5) is 29.6. The molecule has 2 N–H and O–H groups in total. The maximum absolute atomic E-state index is 13.5. The Hall–Kier alpha value is -3.24. The summed E-state index contributed by atoms with van der Waals surface area (Å²) < 4.78 is 28.9. The summed E-state index contributed by atoms with van der Waals surface area (Å²) in [5, 5.41) is 3.67. The van der Waals surface area contributed by atoms with Gasteiger partial charge in [-0.15, -0.1) is 0 Å². The zero-order chi connectivity index (χ0) is 28.9. The molecule has 0 radical (unpaired) electrons. The van der Waals surface area contributed by atoms with Gasteiger partial charge in [-0.3, -0.25) is 9.78 Å². The third-order valence-corrected chi connectivity index (χ3v) is 9.08. The molecule has 1 unspecified atom stereocenters. The molecule has 4 bridgehead atoms. The topological polar surface area (TPSA) is 117 Å². The molecule has 9 nitrogen and oxygen atoms in total. The van der Waals surface area contributed by atoms with Crippen LogP contribution in [0.2, 0.25) is 5.02 Å². The standard InChI is InChI=1S/C29H35ClN6O3S/c1-28(2,3)23-12-10-20-26(33-23)36-17-18(16-29(36,4)5)9-11-21(22-15-19(30)13-14-31-22)32-24-7-6-8-25(34-24)40(38,39)35-27(20)37/h6-8,10,12-15,18,21H,9,11,16-17H2,1-5H3,(H,32,34)(H,35,37)/t18-,21?/m0/s1. The number of anilines is 2. The second kappa shape index (κ2) is 10.3. The van der Waals surface area contributed by atoms with E-state index in [0.717, 1.165) is 30.7 Å². The van der Waals surface area contributed by atoms with Crippen molar-refractivity contribution in [1.29, 1.82) is 0 Å². The summed E-state index contributed by atoms with van der Waals surface area (Å²) in [7, 11) is -4.27. The molecule has 212 valence electrons. The minimum atomic E-state index is -4.27. The van der Waals surface area contributed by atoms with Crippen LogP contribution in [-0.2, 0) is 15.4 Å². The van der Waals surface area contributed by atoms with Crippen molar-refractivity contribution in [2.45, 2.75) is 75.9 Å². The van der Waals surface area contributed by atoms with Gasteiger partial charge in [0.05, 0.1) is 17.3 Å². The fourth-order valence-corrected chi connectivity index (χ4v) is 6.67. The van der Waals surface area contributed by atoms with Crippen molar-refractivity contribution >= 4 is 39.2 Å². The fraction of sp³-hybridized carbons (Fsp3) is 0.448. The second-order valence-corrected chi connectivity index (χ2v) is 14.3. The summed E-state index contributed by atoms with van der Waals surface area (Å²) in [6, 6.07) is 11.4. The number of aromatic nitrogens is 3. The predicted molar refractivity (Wildman–Crippen MR) is 156 cm³/mol. The number of halogens is 1. The molecule has 0 aliphatic carbocycles. The Bertz CT molecular complexity index is 1550. The SMILES string of the molecule is CC(C)(C)c1ccc2c(n1)N1C[C@@H](CCC(c3cc(Cl)ccn3)Nc3cccc(n3)S(=O)(=O)NC2=O)CC1(C)C. The van der Waals surface area contributed by atoms with Gasteiger partial charge >= 0.3 is 0 Å². The molecule has 5 rings (SSSR count). The van der Waals surface area contributed by atoms with Crippen LogP contribution in [0.15, 0.2) is 53.7 Å². The molecule has 1 amide bonds. The zero-order valence-electron chi connectivity index (χ0n) is 23.4. The number of carbonyl (C=O) groups excluding carboxylic acids is 1. The number of hydrogen-bond donors (Lipinski definition) is 2. The zero-order valence-corrected chi connectivity index (χ0v) is 25.0. The van der Waals surface area contributed by atoms with Gasteiger partial charge in [-0.25, -0.2) is 14.7 Å². The summed E-state index contributed by atoms with van der Waals surface area (Å²) in [6.07, 6.45) is 4.13. The van der Waals surface area contributed by atoms with E-state index in [1.165, 1.54) is 6.07 Å². The molecule has 0 spiro atoms. The quantitative estimate of drug-likeness (QED) is 0.387. The van der Waals surface area contributed by atoms with Gasteiger partial charge in [-0.2, -0.15) is 8.42 Å². The summed E-state index contributed by atoms with van der Waals surface area (Å²) in [5.41, 5.74) is 1.23. The second-order valence-electron chi connectivity index (χ2n) is 12.3. The van der Waals surface area contributed by atoms with Gasteiger partial charge in [0, 0.05) is 34.4 Å². The van der Waals surface area contributed by atoms with Crippen molar-refractivity contribution in [1.82, 2.24) is 19.7 Å². The van der Waals surface area contributed by atoms with E-state index in [4.69, 9.17) is 16.6 Å². The molecular formula is C29H35ClN6O3S. The molecule has 1 fully saturated rings. The number of nitrogens with zero attached hydrogens (tertiary/aromatic N) is 4. The van der Waals surface area contributed by atoms with E-state index in [1.54, 1.807) is 36.5 Å². The Morgan fingerprint density at radius 2 is 1.85 bits per heavy atom. The van der Waals surface area contributed by atoms with Crippen molar-refractivity contribution in [3.63, 3.8) is 0 Å². The van der Waals surface area contributed by atoms with E-state index in [0.29, 0.717) is 29.1 Å². The highest BCUT2D eigenvalue weighted by Gasteiger charge is 2.41. The van der Waals surface area contributed by atoms with Crippen molar-refractivity contribution in [3.8, 4) is 0 Å². The van der Waals surface area contributed by atoms with Crippen LogP contribution in [0.5, 0.6) is 0 Å².